The van der Waals surface area contributed by atoms with Crippen molar-refractivity contribution < 1.29 is 5.11 Å². The van der Waals surface area contributed by atoms with Gasteiger partial charge in [-0.2, -0.15) is 0 Å². The van der Waals surface area contributed by atoms with Crippen molar-refractivity contribution in [3.63, 3.8) is 0 Å². The summed E-state index contributed by atoms with van der Waals surface area (Å²) in [4.78, 5) is 0. The Hall–Kier alpha value is -0.800. The Morgan fingerprint density at radius 3 is 2.67 bits per heavy atom. The summed E-state index contributed by atoms with van der Waals surface area (Å²) >= 11 is 0. The highest BCUT2D eigenvalue weighted by Crippen LogP contribution is 2.06. The number of aliphatic hydroxyl groups is 1. The standard InChI is InChI=1S/C12H22N2O/c1-10(2)7-11(9-15)13-8-12-5-4-6-14(12)3/h4-6,10-11,13,15H,7-9H2,1-3H3/t11-/m0/s1. The molecule has 1 rings (SSSR count). The first kappa shape index (κ1) is 12.3. The summed E-state index contributed by atoms with van der Waals surface area (Å²) in [5.41, 5.74) is 1.25. The molecular weight excluding hydrogens is 188 g/mol. The molecule has 0 unspecified atom stereocenters. The van der Waals surface area contributed by atoms with E-state index in [0.717, 1.165) is 13.0 Å². The van der Waals surface area contributed by atoms with Crippen molar-refractivity contribution in [3.8, 4) is 0 Å². The minimum Gasteiger partial charge on any atom is -0.395 e. The van der Waals surface area contributed by atoms with E-state index in [-0.39, 0.29) is 12.6 Å². The summed E-state index contributed by atoms with van der Waals surface area (Å²) in [6.45, 7) is 5.38. The van der Waals surface area contributed by atoms with Crippen LogP contribution in [0.4, 0.5) is 0 Å². The monoisotopic (exact) mass is 210 g/mol. The van der Waals surface area contributed by atoms with E-state index in [2.05, 4.69) is 29.8 Å². The van der Waals surface area contributed by atoms with Gasteiger partial charge in [0.2, 0.25) is 0 Å². The van der Waals surface area contributed by atoms with Gasteiger partial charge in [-0.1, -0.05) is 13.8 Å². The van der Waals surface area contributed by atoms with Crippen molar-refractivity contribution in [1.29, 1.82) is 0 Å². The van der Waals surface area contributed by atoms with Crippen LogP contribution in [0.15, 0.2) is 18.3 Å². The normalized spacial score (nSPS) is 13.4. The van der Waals surface area contributed by atoms with E-state index in [9.17, 15) is 5.11 Å². The molecule has 1 heterocycles. The molecule has 0 bridgehead atoms. The Kier molecular flexibility index (Phi) is 4.85. The second-order valence-corrected chi connectivity index (χ2v) is 4.50. The summed E-state index contributed by atoms with van der Waals surface area (Å²) in [7, 11) is 2.04. The Morgan fingerprint density at radius 1 is 1.47 bits per heavy atom. The highest BCUT2D eigenvalue weighted by molar-refractivity contribution is 5.06. The molecule has 1 aromatic heterocycles. The maximum absolute atomic E-state index is 9.20. The first-order valence-electron chi connectivity index (χ1n) is 5.58. The summed E-state index contributed by atoms with van der Waals surface area (Å²) in [5.74, 6) is 0.614. The molecule has 3 heteroatoms. The van der Waals surface area contributed by atoms with Crippen LogP contribution >= 0.6 is 0 Å². The maximum atomic E-state index is 9.20. The number of hydrogen-bond donors (Lipinski definition) is 2. The molecule has 1 atom stereocenters. The predicted molar refractivity (Wildman–Crippen MR) is 62.6 cm³/mol. The Labute approximate surface area is 92.1 Å². The first-order chi connectivity index (χ1) is 7.13. The molecule has 0 aliphatic carbocycles. The third-order valence-electron chi connectivity index (χ3n) is 2.60. The largest absolute Gasteiger partial charge is 0.395 e. The van der Waals surface area contributed by atoms with Gasteiger partial charge in [0.15, 0.2) is 0 Å². The van der Waals surface area contributed by atoms with Crippen LogP contribution in [0.5, 0.6) is 0 Å². The van der Waals surface area contributed by atoms with Gasteiger partial charge in [-0.3, -0.25) is 0 Å². The van der Waals surface area contributed by atoms with Crippen molar-refractivity contribution >= 4 is 0 Å². The minimum absolute atomic E-state index is 0.208. The average Bonchev–Trinajstić information content (AvgIpc) is 2.58. The fourth-order valence-corrected chi connectivity index (χ4v) is 1.72. The van der Waals surface area contributed by atoms with Crippen LogP contribution in [0.1, 0.15) is 26.0 Å². The molecule has 0 aliphatic heterocycles. The molecule has 0 aliphatic rings. The maximum Gasteiger partial charge on any atom is 0.0584 e. The summed E-state index contributed by atoms with van der Waals surface area (Å²) < 4.78 is 2.09. The molecule has 2 N–H and O–H groups in total. The second kappa shape index (κ2) is 5.93. The number of aryl methyl sites for hydroxylation is 1. The molecule has 0 aromatic carbocycles. The van der Waals surface area contributed by atoms with Gasteiger partial charge in [0.05, 0.1) is 6.61 Å². The predicted octanol–water partition coefficient (Wildman–Crippen LogP) is 1.52. The molecule has 0 amide bonds. The number of hydrogen-bond acceptors (Lipinski definition) is 2. The lowest BCUT2D eigenvalue weighted by Crippen LogP contribution is -2.33. The second-order valence-electron chi connectivity index (χ2n) is 4.50. The van der Waals surface area contributed by atoms with Crippen LogP contribution in [0.25, 0.3) is 0 Å². The topological polar surface area (TPSA) is 37.2 Å². The van der Waals surface area contributed by atoms with Gasteiger partial charge in [-0.25, -0.2) is 0 Å². The van der Waals surface area contributed by atoms with E-state index in [1.807, 2.05) is 19.3 Å². The highest BCUT2D eigenvalue weighted by Gasteiger charge is 2.09. The summed E-state index contributed by atoms with van der Waals surface area (Å²) in [5, 5.41) is 12.6. The number of nitrogens with one attached hydrogen (secondary N) is 1. The van der Waals surface area contributed by atoms with Crippen LogP contribution in [0.3, 0.4) is 0 Å². The van der Waals surface area contributed by atoms with E-state index in [4.69, 9.17) is 0 Å². The zero-order valence-corrected chi connectivity index (χ0v) is 9.90. The van der Waals surface area contributed by atoms with Gasteiger partial charge in [-0.05, 0) is 24.5 Å². The lowest BCUT2D eigenvalue weighted by molar-refractivity contribution is 0.223. The Balaban J connectivity index is 2.37. The Morgan fingerprint density at radius 2 is 2.20 bits per heavy atom. The molecule has 0 saturated heterocycles. The molecular formula is C12H22N2O. The average molecular weight is 210 g/mol. The van der Waals surface area contributed by atoms with E-state index >= 15 is 0 Å². The molecule has 0 saturated carbocycles. The lowest BCUT2D eigenvalue weighted by Gasteiger charge is -2.18. The molecule has 3 nitrogen and oxygen atoms in total. The first-order valence-corrected chi connectivity index (χ1v) is 5.58. The van der Waals surface area contributed by atoms with Gasteiger partial charge >= 0.3 is 0 Å². The number of nitrogens with zero attached hydrogens (tertiary/aromatic N) is 1. The van der Waals surface area contributed by atoms with E-state index in [1.165, 1.54) is 5.69 Å². The van der Waals surface area contributed by atoms with Crippen LogP contribution in [0, 0.1) is 5.92 Å². The zero-order chi connectivity index (χ0) is 11.3. The van der Waals surface area contributed by atoms with Gasteiger partial charge < -0.3 is 15.0 Å². The lowest BCUT2D eigenvalue weighted by atomic mass is 10.0. The summed E-state index contributed by atoms with van der Waals surface area (Å²) in [6, 6.07) is 4.34. The SMILES string of the molecule is CC(C)C[C@@H](CO)NCc1cccn1C. The van der Waals surface area contributed by atoms with Crippen LogP contribution in [0.2, 0.25) is 0 Å². The van der Waals surface area contributed by atoms with Crippen LogP contribution < -0.4 is 5.32 Å². The van der Waals surface area contributed by atoms with Crippen molar-refractivity contribution in [2.45, 2.75) is 32.9 Å². The molecule has 1 aromatic rings. The van der Waals surface area contributed by atoms with Gasteiger partial charge in [0, 0.05) is 31.5 Å². The molecule has 15 heavy (non-hydrogen) atoms. The minimum atomic E-state index is 0.208. The van der Waals surface area contributed by atoms with Crippen molar-refractivity contribution in [2.75, 3.05) is 6.61 Å². The zero-order valence-electron chi connectivity index (χ0n) is 9.90. The highest BCUT2D eigenvalue weighted by atomic mass is 16.3. The van der Waals surface area contributed by atoms with Gasteiger partial charge in [0.1, 0.15) is 0 Å². The van der Waals surface area contributed by atoms with E-state index in [1.54, 1.807) is 0 Å². The number of aliphatic hydroxyl groups excluding tert-OH is 1. The third-order valence-corrected chi connectivity index (χ3v) is 2.60. The van der Waals surface area contributed by atoms with Crippen molar-refractivity contribution in [1.82, 2.24) is 9.88 Å². The number of aromatic nitrogens is 1. The molecule has 0 radical (unpaired) electrons. The fourth-order valence-electron chi connectivity index (χ4n) is 1.72. The molecule has 86 valence electrons. The Bertz CT molecular complexity index is 281. The van der Waals surface area contributed by atoms with Crippen molar-refractivity contribution in [3.05, 3.63) is 24.0 Å². The van der Waals surface area contributed by atoms with Gasteiger partial charge in [-0.15, -0.1) is 0 Å². The van der Waals surface area contributed by atoms with Crippen molar-refractivity contribution in [2.24, 2.45) is 13.0 Å². The quantitative estimate of drug-likeness (QED) is 0.747. The van der Waals surface area contributed by atoms with Gasteiger partial charge in [0.25, 0.3) is 0 Å². The molecule has 0 fully saturated rings. The molecule has 0 spiro atoms. The third kappa shape index (κ3) is 4.06. The van der Waals surface area contributed by atoms with Crippen LogP contribution in [-0.4, -0.2) is 22.3 Å². The number of rotatable bonds is 6. The summed E-state index contributed by atoms with van der Waals surface area (Å²) in [6.07, 6.45) is 3.05. The smallest absolute Gasteiger partial charge is 0.0584 e. The van der Waals surface area contributed by atoms with Crippen LogP contribution in [-0.2, 0) is 13.6 Å². The van der Waals surface area contributed by atoms with E-state index < -0.39 is 0 Å². The fraction of sp³-hybridized carbons (Fsp3) is 0.667. The van der Waals surface area contributed by atoms with E-state index in [0.29, 0.717) is 5.92 Å².